The maximum absolute atomic E-state index is 14.0. The number of sulfonamides is 1. The van der Waals surface area contributed by atoms with Crippen LogP contribution in [0.15, 0.2) is 101 Å². The Balaban J connectivity index is 1.50. The average molecular weight is 530 g/mol. The molecule has 180 valence electrons. The third kappa shape index (κ3) is 3.73. The molecule has 36 heavy (non-hydrogen) atoms. The predicted octanol–water partition coefficient (Wildman–Crippen LogP) is 6.92. The molecular weight excluding hydrogens is 507 g/mol. The van der Waals surface area contributed by atoms with Crippen molar-refractivity contribution in [3.05, 3.63) is 122 Å². The van der Waals surface area contributed by atoms with Crippen molar-refractivity contribution >= 4 is 50.3 Å². The summed E-state index contributed by atoms with van der Waals surface area (Å²) in [6.07, 6.45) is 4.89. The minimum absolute atomic E-state index is 0.222. The van der Waals surface area contributed by atoms with E-state index in [4.69, 9.17) is 0 Å². The van der Waals surface area contributed by atoms with E-state index in [1.54, 1.807) is 46.9 Å². The number of fused-ring (bicyclic) bond motifs is 1. The van der Waals surface area contributed by atoms with Gasteiger partial charge in [0, 0.05) is 27.4 Å². The first-order chi connectivity index (χ1) is 17.5. The molecule has 0 atom stereocenters. The Morgan fingerprint density at radius 3 is 2.17 bits per heavy atom. The van der Waals surface area contributed by atoms with Crippen molar-refractivity contribution in [3.8, 4) is 0 Å². The lowest BCUT2D eigenvalue weighted by molar-refractivity contribution is 0.595. The van der Waals surface area contributed by atoms with Gasteiger partial charge in [0.25, 0.3) is 10.0 Å². The molecule has 5 nitrogen and oxygen atoms in total. The van der Waals surface area contributed by atoms with Crippen molar-refractivity contribution in [3.63, 3.8) is 0 Å². The van der Waals surface area contributed by atoms with Crippen LogP contribution in [0, 0.1) is 6.92 Å². The number of allylic oxidation sites excluding steroid dienone is 1. The minimum Gasteiger partial charge on any atom is -0.280 e. The van der Waals surface area contributed by atoms with E-state index >= 15 is 0 Å². The molecule has 0 spiro atoms. The lowest BCUT2D eigenvalue weighted by Crippen LogP contribution is -2.30. The molecule has 1 N–H and O–H groups in total. The Hall–Kier alpha value is -3.46. The molecule has 3 aromatic heterocycles. The normalized spacial score (nSPS) is 14.5. The first-order valence-electron chi connectivity index (χ1n) is 11.5. The van der Waals surface area contributed by atoms with Gasteiger partial charge in [-0.3, -0.25) is 5.10 Å². The first kappa shape index (κ1) is 23.0. The van der Waals surface area contributed by atoms with Crippen LogP contribution in [-0.2, 0) is 21.9 Å². The smallest absolute Gasteiger partial charge is 0.269 e. The topological polar surface area (TPSA) is 66.1 Å². The Labute approximate surface area is 218 Å². The number of aryl methyl sites for hydroxylation is 1. The maximum Gasteiger partial charge on any atom is 0.269 e. The van der Waals surface area contributed by atoms with Crippen LogP contribution in [0.1, 0.15) is 26.6 Å². The maximum atomic E-state index is 14.0. The van der Waals surface area contributed by atoms with Crippen LogP contribution >= 0.6 is 22.7 Å². The van der Waals surface area contributed by atoms with Crippen LogP contribution in [0.5, 0.6) is 0 Å². The van der Waals surface area contributed by atoms with Gasteiger partial charge in [0.1, 0.15) is 0 Å². The summed E-state index contributed by atoms with van der Waals surface area (Å²) in [4.78, 5) is 2.71. The fraction of sp³-hybridized carbons (Fsp3) is 0.107. The van der Waals surface area contributed by atoms with Gasteiger partial charge in [0.15, 0.2) is 5.82 Å². The molecule has 5 aromatic rings. The third-order valence-corrected chi connectivity index (χ3v) is 10.3. The molecule has 0 bridgehead atoms. The summed E-state index contributed by atoms with van der Waals surface area (Å²) in [5.41, 5.74) is 2.92. The molecule has 0 amide bonds. The van der Waals surface area contributed by atoms with Crippen LogP contribution in [0.25, 0.3) is 6.08 Å². The van der Waals surface area contributed by atoms with Gasteiger partial charge < -0.3 is 0 Å². The van der Waals surface area contributed by atoms with Gasteiger partial charge in [0.05, 0.1) is 16.0 Å². The number of hydrogen-bond donors (Lipinski definition) is 1. The number of thiophene rings is 2. The van der Waals surface area contributed by atoms with Crippen molar-refractivity contribution in [2.24, 2.45) is 0 Å². The van der Waals surface area contributed by atoms with Crippen molar-refractivity contribution in [1.82, 2.24) is 10.2 Å². The zero-order valence-electron chi connectivity index (χ0n) is 19.5. The number of H-pyrrole nitrogens is 1. The average Bonchev–Trinajstić information content (AvgIpc) is 3.67. The predicted molar refractivity (Wildman–Crippen MR) is 148 cm³/mol. The molecule has 0 unspecified atom stereocenters. The molecule has 0 fully saturated rings. The Morgan fingerprint density at radius 2 is 1.56 bits per heavy atom. The van der Waals surface area contributed by atoms with Gasteiger partial charge in [-0.25, -0.2) is 12.7 Å². The highest BCUT2D eigenvalue weighted by Gasteiger charge is 2.40. The van der Waals surface area contributed by atoms with Crippen molar-refractivity contribution in [2.45, 2.75) is 23.7 Å². The zero-order chi connectivity index (χ0) is 24.8. The highest BCUT2D eigenvalue weighted by atomic mass is 32.2. The van der Waals surface area contributed by atoms with Crippen molar-refractivity contribution in [2.75, 3.05) is 4.31 Å². The Kier molecular flexibility index (Phi) is 5.67. The van der Waals surface area contributed by atoms with Gasteiger partial charge in [-0.15, -0.1) is 22.7 Å². The first-order valence-corrected chi connectivity index (χ1v) is 14.7. The summed E-state index contributed by atoms with van der Waals surface area (Å²) in [7, 11) is -3.92. The molecule has 1 aliphatic rings. The number of benzene rings is 2. The molecule has 3 heterocycles. The van der Waals surface area contributed by atoms with E-state index in [0.717, 1.165) is 16.8 Å². The molecule has 0 radical (unpaired) electrons. The van der Waals surface area contributed by atoms with E-state index < -0.39 is 10.0 Å². The Morgan fingerprint density at radius 1 is 0.889 bits per heavy atom. The summed E-state index contributed by atoms with van der Waals surface area (Å²) in [5.74, 6) is 0.374. The lowest BCUT2D eigenvalue weighted by atomic mass is 9.76. The molecular formula is C28H23N3O2S3. The fourth-order valence-electron chi connectivity index (χ4n) is 4.68. The van der Waals surface area contributed by atoms with Gasteiger partial charge in [-0.2, -0.15) is 5.10 Å². The molecule has 0 saturated carbocycles. The quantitative estimate of drug-likeness (QED) is 0.260. The largest absolute Gasteiger partial charge is 0.280 e. The second kappa shape index (κ2) is 8.89. The standard InChI is InChI=1S/C28H23N3O2S3/c1-20-11-13-22(14-12-20)36(32,33)31(21-7-3-2-4-8-21)27-23-15-16-28(19-24(23)29-30-27,25-9-5-17-34-25)26-10-6-18-35-26/h2-18H,19H2,1H3,(H,29,30). The fourth-order valence-corrected chi connectivity index (χ4v) is 8.05. The summed E-state index contributed by atoms with van der Waals surface area (Å²) in [6, 6.07) is 24.5. The summed E-state index contributed by atoms with van der Waals surface area (Å²) in [5, 5.41) is 12.0. The number of nitrogens with zero attached hydrogens (tertiary/aromatic N) is 2. The van der Waals surface area contributed by atoms with E-state index in [1.807, 2.05) is 43.3 Å². The van der Waals surface area contributed by atoms with Crippen molar-refractivity contribution < 1.29 is 8.42 Å². The molecule has 2 aromatic carbocycles. The van der Waals surface area contributed by atoms with Crippen LogP contribution in [0.4, 0.5) is 11.5 Å². The van der Waals surface area contributed by atoms with Gasteiger partial charge >= 0.3 is 0 Å². The van der Waals surface area contributed by atoms with Gasteiger partial charge in [0.2, 0.25) is 0 Å². The zero-order valence-corrected chi connectivity index (χ0v) is 21.9. The molecule has 6 rings (SSSR count). The van der Waals surface area contributed by atoms with Crippen LogP contribution in [0.2, 0.25) is 0 Å². The highest BCUT2D eigenvalue weighted by molar-refractivity contribution is 7.93. The van der Waals surface area contributed by atoms with E-state index in [-0.39, 0.29) is 10.3 Å². The molecule has 8 heteroatoms. The Bertz CT molecular complexity index is 1580. The minimum atomic E-state index is -3.92. The second-order valence-electron chi connectivity index (χ2n) is 8.79. The number of para-hydroxylation sites is 1. The number of aromatic amines is 1. The highest BCUT2D eigenvalue weighted by Crippen LogP contribution is 2.47. The molecule has 1 aliphatic carbocycles. The lowest BCUT2D eigenvalue weighted by Gasteiger charge is -2.32. The van der Waals surface area contributed by atoms with Gasteiger partial charge in [-0.1, -0.05) is 60.2 Å². The number of aromatic nitrogens is 2. The van der Waals surface area contributed by atoms with E-state index in [9.17, 15) is 8.42 Å². The summed E-state index contributed by atoms with van der Waals surface area (Å²) < 4.78 is 29.3. The van der Waals surface area contributed by atoms with E-state index in [0.29, 0.717) is 17.9 Å². The van der Waals surface area contributed by atoms with Crippen LogP contribution < -0.4 is 4.31 Å². The van der Waals surface area contributed by atoms with Gasteiger partial charge in [-0.05, 0) is 54.1 Å². The molecule has 0 saturated heterocycles. The summed E-state index contributed by atoms with van der Waals surface area (Å²) >= 11 is 3.46. The van der Waals surface area contributed by atoms with E-state index in [1.165, 1.54) is 14.1 Å². The number of rotatable bonds is 6. The second-order valence-corrected chi connectivity index (χ2v) is 12.5. The molecule has 0 aliphatic heterocycles. The van der Waals surface area contributed by atoms with Crippen LogP contribution in [0.3, 0.4) is 0 Å². The van der Waals surface area contributed by atoms with Crippen molar-refractivity contribution in [1.29, 1.82) is 0 Å². The number of hydrogen-bond acceptors (Lipinski definition) is 5. The summed E-state index contributed by atoms with van der Waals surface area (Å²) in [6.45, 7) is 1.94. The van der Waals surface area contributed by atoms with Crippen LogP contribution in [-0.4, -0.2) is 18.6 Å². The monoisotopic (exact) mass is 529 g/mol. The SMILES string of the molecule is Cc1ccc(S(=O)(=O)N(c2ccccc2)c2n[nH]c3c2C=CC(c2cccs2)(c2cccs2)C3)cc1. The number of nitrogens with one attached hydrogen (secondary N) is 1. The van der Waals surface area contributed by atoms with E-state index in [2.05, 4.69) is 51.3 Å². The third-order valence-electron chi connectivity index (χ3n) is 6.52. The number of anilines is 2.